The molecule has 0 aromatic carbocycles. The number of thioether (sulfide) groups is 1. The van der Waals surface area contributed by atoms with E-state index in [0.717, 1.165) is 0 Å². The zero-order valence-corrected chi connectivity index (χ0v) is 12.8. The van der Waals surface area contributed by atoms with Crippen LogP contribution in [0, 0.1) is 5.92 Å². The number of primary amides is 1. The van der Waals surface area contributed by atoms with E-state index in [4.69, 9.17) is 10.8 Å². The molecule has 0 spiro atoms. The molecule has 0 aliphatic heterocycles. The number of carbonyl (C=O) groups is 3. The molecule has 0 aliphatic rings. The van der Waals surface area contributed by atoms with Gasteiger partial charge in [-0.05, 0) is 30.8 Å². The van der Waals surface area contributed by atoms with Gasteiger partial charge in [0.1, 0.15) is 12.1 Å². The fourth-order valence-electron chi connectivity index (χ4n) is 1.64. The number of carbonyl (C=O) groups excluding carboxylic acids is 2. The number of nitrogens with two attached hydrogens (primary N) is 1. The summed E-state index contributed by atoms with van der Waals surface area (Å²) in [5.74, 6) is -0.831. The van der Waals surface area contributed by atoms with E-state index in [9.17, 15) is 14.4 Å². The molecule has 0 bridgehead atoms. The largest absolute Gasteiger partial charge is 0.480 e. The van der Waals surface area contributed by atoms with Crippen molar-refractivity contribution in [3.05, 3.63) is 0 Å². The number of hydrogen-bond donors (Lipinski definition) is 4. The Hall–Kier alpha value is -1.44. The van der Waals surface area contributed by atoms with Crippen LogP contribution in [0.4, 0.5) is 4.79 Å². The van der Waals surface area contributed by atoms with Crippen molar-refractivity contribution in [1.29, 1.82) is 0 Å². The van der Waals surface area contributed by atoms with Gasteiger partial charge in [-0.3, -0.25) is 4.79 Å². The maximum atomic E-state index is 12.0. The Balaban J connectivity index is 4.68. The van der Waals surface area contributed by atoms with Gasteiger partial charge in [-0.1, -0.05) is 13.8 Å². The van der Waals surface area contributed by atoms with Crippen LogP contribution in [0.1, 0.15) is 26.7 Å². The zero-order valence-electron chi connectivity index (χ0n) is 12.0. The molecule has 1 unspecified atom stereocenters. The van der Waals surface area contributed by atoms with Crippen LogP contribution in [-0.2, 0) is 9.59 Å². The van der Waals surface area contributed by atoms with E-state index in [-0.39, 0.29) is 5.92 Å². The first-order chi connectivity index (χ1) is 9.27. The van der Waals surface area contributed by atoms with E-state index >= 15 is 0 Å². The minimum Gasteiger partial charge on any atom is -0.480 e. The van der Waals surface area contributed by atoms with Crippen LogP contribution >= 0.6 is 11.8 Å². The first-order valence-corrected chi connectivity index (χ1v) is 7.75. The lowest BCUT2D eigenvalue weighted by molar-refractivity contribution is -0.142. The molecule has 5 N–H and O–H groups in total. The molecule has 0 radical (unpaired) electrons. The summed E-state index contributed by atoms with van der Waals surface area (Å²) >= 11 is 1.50. The first-order valence-electron chi connectivity index (χ1n) is 6.36. The number of carboxylic acids is 1. The van der Waals surface area contributed by atoms with E-state index < -0.39 is 30.0 Å². The molecule has 0 saturated carbocycles. The van der Waals surface area contributed by atoms with Gasteiger partial charge in [-0.25, -0.2) is 9.59 Å². The monoisotopic (exact) mass is 305 g/mol. The predicted molar refractivity (Wildman–Crippen MR) is 78.5 cm³/mol. The highest BCUT2D eigenvalue weighted by Crippen LogP contribution is 2.07. The zero-order chi connectivity index (χ0) is 15.7. The minimum atomic E-state index is -1.09. The maximum absolute atomic E-state index is 12.0. The molecule has 0 saturated heterocycles. The van der Waals surface area contributed by atoms with Crippen LogP contribution in [0.25, 0.3) is 0 Å². The highest BCUT2D eigenvalue weighted by Gasteiger charge is 2.26. The summed E-state index contributed by atoms with van der Waals surface area (Å²) in [5.41, 5.74) is 5.03. The number of carboxylic acid groups (broad SMARTS) is 1. The van der Waals surface area contributed by atoms with Crippen LogP contribution in [0.5, 0.6) is 0 Å². The van der Waals surface area contributed by atoms with Crippen molar-refractivity contribution < 1.29 is 19.5 Å². The second-order valence-electron chi connectivity index (χ2n) is 4.87. The molecule has 116 valence electrons. The summed E-state index contributed by atoms with van der Waals surface area (Å²) in [4.78, 5) is 34.0. The number of hydrogen-bond acceptors (Lipinski definition) is 4. The molecule has 7 nitrogen and oxygen atoms in total. The molecular formula is C12H23N3O4S. The second-order valence-corrected chi connectivity index (χ2v) is 5.86. The van der Waals surface area contributed by atoms with Gasteiger partial charge in [-0.15, -0.1) is 0 Å². The van der Waals surface area contributed by atoms with Crippen molar-refractivity contribution in [1.82, 2.24) is 10.6 Å². The standard InChI is InChI=1S/C12H23N3O4S/c1-7(2)6-9(15-12(13)19)10(16)14-8(11(17)18)4-5-20-3/h7-9H,4-6H2,1-3H3,(H,14,16)(H,17,18)(H3,13,15,19)/t8-,9?/m1/s1. The van der Waals surface area contributed by atoms with Gasteiger partial charge in [0.15, 0.2) is 0 Å². The average Bonchev–Trinajstić information content (AvgIpc) is 2.31. The van der Waals surface area contributed by atoms with Crippen molar-refractivity contribution in [2.75, 3.05) is 12.0 Å². The summed E-state index contributed by atoms with van der Waals surface area (Å²) in [6.07, 6.45) is 2.58. The molecule has 3 amide bonds. The van der Waals surface area contributed by atoms with Crippen LogP contribution < -0.4 is 16.4 Å². The Morgan fingerprint density at radius 1 is 1.20 bits per heavy atom. The molecule has 0 aromatic heterocycles. The highest BCUT2D eigenvalue weighted by atomic mass is 32.2. The number of amides is 3. The topological polar surface area (TPSA) is 122 Å². The summed E-state index contributed by atoms with van der Waals surface area (Å²) in [6, 6.07) is -2.58. The number of aliphatic carboxylic acids is 1. The lowest BCUT2D eigenvalue weighted by Crippen LogP contribution is -2.53. The van der Waals surface area contributed by atoms with Gasteiger partial charge < -0.3 is 21.5 Å². The van der Waals surface area contributed by atoms with Gasteiger partial charge in [0.2, 0.25) is 5.91 Å². The summed E-state index contributed by atoms with van der Waals surface area (Å²) in [5, 5.41) is 13.8. The van der Waals surface area contributed by atoms with Gasteiger partial charge in [-0.2, -0.15) is 11.8 Å². The molecule has 0 rings (SSSR count). The number of nitrogens with one attached hydrogen (secondary N) is 2. The van der Waals surface area contributed by atoms with E-state index in [0.29, 0.717) is 18.6 Å². The fourth-order valence-corrected chi connectivity index (χ4v) is 2.11. The van der Waals surface area contributed by atoms with E-state index in [1.54, 1.807) is 0 Å². The van der Waals surface area contributed by atoms with E-state index in [2.05, 4.69) is 10.6 Å². The quantitative estimate of drug-likeness (QED) is 0.491. The van der Waals surface area contributed by atoms with Crippen LogP contribution in [0.2, 0.25) is 0 Å². The Kier molecular flexibility index (Phi) is 8.78. The molecule has 0 aliphatic carbocycles. The lowest BCUT2D eigenvalue weighted by Gasteiger charge is -2.21. The molecular weight excluding hydrogens is 282 g/mol. The van der Waals surface area contributed by atoms with Crippen molar-refractivity contribution in [2.24, 2.45) is 11.7 Å². The van der Waals surface area contributed by atoms with Crippen molar-refractivity contribution >= 4 is 29.7 Å². The Morgan fingerprint density at radius 3 is 2.20 bits per heavy atom. The van der Waals surface area contributed by atoms with Crippen LogP contribution in [-0.4, -0.2) is 47.1 Å². The van der Waals surface area contributed by atoms with Crippen molar-refractivity contribution in [3.8, 4) is 0 Å². The number of rotatable bonds is 9. The molecule has 2 atom stereocenters. The normalized spacial score (nSPS) is 13.6. The second kappa shape index (κ2) is 9.46. The van der Waals surface area contributed by atoms with Gasteiger partial charge >= 0.3 is 12.0 Å². The van der Waals surface area contributed by atoms with Gasteiger partial charge in [0.05, 0.1) is 0 Å². The highest BCUT2D eigenvalue weighted by molar-refractivity contribution is 7.98. The Bertz CT molecular complexity index is 350. The predicted octanol–water partition coefficient (Wildman–Crippen LogP) is 0.392. The van der Waals surface area contributed by atoms with E-state index in [1.807, 2.05) is 20.1 Å². The number of urea groups is 1. The average molecular weight is 305 g/mol. The summed E-state index contributed by atoms with van der Waals surface area (Å²) in [7, 11) is 0. The van der Waals surface area contributed by atoms with Gasteiger partial charge in [0, 0.05) is 0 Å². The van der Waals surface area contributed by atoms with Crippen molar-refractivity contribution in [2.45, 2.75) is 38.8 Å². The summed E-state index contributed by atoms with van der Waals surface area (Å²) < 4.78 is 0. The molecule has 8 heteroatoms. The first kappa shape index (κ1) is 18.6. The van der Waals surface area contributed by atoms with Gasteiger partial charge in [0.25, 0.3) is 0 Å². The fraction of sp³-hybridized carbons (Fsp3) is 0.750. The molecule has 20 heavy (non-hydrogen) atoms. The third-order valence-electron chi connectivity index (χ3n) is 2.57. The smallest absolute Gasteiger partial charge is 0.326 e. The Labute approximate surface area is 123 Å². The molecule has 0 heterocycles. The minimum absolute atomic E-state index is 0.159. The Morgan fingerprint density at radius 2 is 1.80 bits per heavy atom. The SMILES string of the molecule is CSCC[C@@H](NC(=O)C(CC(C)C)NC(N)=O)C(=O)O. The van der Waals surface area contributed by atoms with Crippen LogP contribution in [0.15, 0.2) is 0 Å². The molecule has 0 fully saturated rings. The van der Waals surface area contributed by atoms with E-state index in [1.165, 1.54) is 11.8 Å². The lowest BCUT2D eigenvalue weighted by atomic mass is 10.0. The maximum Gasteiger partial charge on any atom is 0.326 e. The third-order valence-corrected chi connectivity index (χ3v) is 3.21. The third kappa shape index (κ3) is 7.88. The van der Waals surface area contributed by atoms with Crippen LogP contribution in [0.3, 0.4) is 0 Å². The summed E-state index contributed by atoms with van der Waals surface area (Å²) in [6.45, 7) is 3.79. The van der Waals surface area contributed by atoms with Crippen molar-refractivity contribution in [3.63, 3.8) is 0 Å². The molecule has 0 aromatic rings.